The predicted molar refractivity (Wildman–Crippen MR) is 121 cm³/mol. The third kappa shape index (κ3) is 3.63. The van der Waals surface area contributed by atoms with Gasteiger partial charge in [0, 0.05) is 68.0 Å². The van der Waals surface area contributed by atoms with Crippen molar-refractivity contribution in [3.05, 3.63) is 65.5 Å². The Morgan fingerprint density at radius 1 is 1.09 bits per heavy atom. The van der Waals surface area contributed by atoms with Crippen LogP contribution in [0.3, 0.4) is 0 Å². The number of carbonyl (C=O) groups excluding carboxylic acids is 1. The van der Waals surface area contributed by atoms with Crippen molar-refractivity contribution in [3.63, 3.8) is 0 Å². The number of fused-ring (bicyclic) bond motifs is 2. The summed E-state index contributed by atoms with van der Waals surface area (Å²) in [4.78, 5) is 30.8. The van der Waals surface area contributed by atoms with Gasteiger partial charge in [-0.3, -0.25) is 14.5 Å². The number of rotatable bonds is 3. The van der Waals surface area contributed by atoms with Crippen LogP contribution in [-0.2, 0) is 12.0 Å². The zero-order valence-electron chi connectivity index (χ0n) is 18.9. The number of hydrogen-bond donors (Lipinski definition) is 0. The predicted octanol–water partition coefficient (Wildman–Crippen LogP) is 3.15. The largest absolute Gasteiger partial charge is 0.341 e. The molecule has 1 spiro atoms. The summed E-state index contributed by atoms with van der Waals surface area (Å²) in [6.07, 6.45) is 9.25. The number of nitrogens with zero attached hydrogens (tertiary/aromatic N) is 7. The SMILES string of the molecule is Cc1ccc(C(=O)N2Cc3cn(C(C)C)nc3C3(CCN(c4ncccn4)CC3)C2)nc1. The fraction of sp³-hybridized carbons (Fsp3) is 0.458. The van der Waals surface area contributed by atoms with Gasteiger partial charge in [-0.05, 0) is 51.3 Å². The number of aryl methyl sites for hydroxylation is 1. The highest BCUT2D eigenvalue weighted by Gasteiger charge is 2.46. The molecule has 5 rings (SSSR count). The molecule has 2 aliphatic rings. The maximum absolute atomic E-state index is 13.4. The highest BCUT2D eigenvalue weighted by molar-refractivity contribution is 5.92. The number of pyridine rings is 1. The summed E-state index contributed by atoms with van der Waals surface area (Å²) in [5, 5.41) is 5.02. The summed E-state index contributed by atoms with van der Waals surface area (Å²) in [6, 6.07) is 5.88. The third-order valence-electron chi connectivity index (χ3n) is 6.67. The minimum absolute atomic E-state index is 0.0128. The summed E-state index contributed by atoms with van der Waals surface area (Å²) >= 11 is 0. The number of piperidine rings is 1. The first kappa shape index (κ1) is 20.6. The average molecular weight is 432 g/mol. The summed E-state index contributed by atoms with van der Waals surface area (Å²) in [7, 11) is 0. The first-order valence-corrected chi connectivity index (χ1v) is 11.3. The third-order valence-corrected chi connectivity index (χ3v) is 6.67. The Labute approximate surface area is 188 Å². The first-order chi connectivity index (χ1) is 15.4. The van der Waals surface area contributed by atoms with E-state index in [1.54, 1.807) is 18.6 Å². The molecule has 1 saturated heterocycles. The number of anilines is 1. The topological polar surface area (TPSA) is 80.0 Å². The van der Waals surface area contributed by atoms with Gasteiger partial charge in [0.1, 0.15) is 5.69 Å². The van der Waals surface area contributed by atoms with Crippen LogP contribution < -0.4 is 4.90 Å². The highest BCUT2D eigenvalue weighted by Crippen LogP contribution is 2.42. The van der Waals surface area contributed by atoms with Gasteiger partial charge in [0.2, 0.25) is 5.95 Å². The van der Waals surface area contributed by atoms with Gasteiger partial charge in [0.15, 0.2) is 0 Å². The summed E-state index contributed by atoms with van der Waals surface area (Å²) in [5.74, 6) is 0.754. The van der Waals surface area contributed by atoms with Gasteiger partial charge in [-0.25, -0.2) is 9.97 Å². The Morgan fingerprint density at radius 2 is 1.84 bits per heavy atom. The molecule has 32 heavy (non-hydrogen) atoms. The van der Waals surface area contributed by atoms with E-state index in [0.29, 0.717) is 18.8 Å². The van der Waals surface area contributed by atoms with E-state index in [-0.39, 0.29) is 17.4 Å². The van der Waals surface area contributed by atoms with Crippen LogP contribution in [0.25, 0.3) is 0 Å². The molecular formula is C24H29N7O. The molecule has 0 bridgehead atoms. The van der Waals surface area contributed by atoms with Crippen molar-refractivity contribution in [2.24, 2.45) is 0 Å². The van der Waals surface area contributed by atoms with E-state index < -0.39 is 0 Å². The fourth-order valence-corrected chi connectivity index (χ4v) is 4.84. The van der Waals surface area contributed by atoms with E-state index in [1.165, 1.54) is 0 Å². The van der Waals surface area contributed by atoms with Gasteiger partial charge >= 0.3 is 0 Å². The maximum Gasteiger partial charge on any atom is 0.272 e. The Kier molecular flexibility index (Phi) is 5.15. The normalized spacial score (nSPS) is 17.6. The molecule has 0 unspecified atom stereocenters. The summed E-state index contributed by atoms with van der Waals surface area (Å²) in [5.41, 5.74) is 3.68. The molecule has 1 fully saturated rings. The van der Waals surface area contributed by atoms with Crippen molar-refractivity contribution in [1.82, 2.24) is 29.6 Å². The van der Waals surface area contributed by atoms with E-state index in [0.717, 1.165) is 48.7 Å². The van der Waals surface area contributed by atoms with Crippen LogP contribution in [0.1, 0.15) is 60.0 Å². The van der Waals surface area contributed by atoms with Crippen LogP contribution in [0.4, 0.5) is 5.95 Å². The van der Waals surface area contributed by atoms with Gasteiger partial charge in [-0.15, -0.1) is 0 Å². The van der Waals surface area contributed by atoms with Crippen molar-refractivity contribution in [3.8, 4) is 0 Å². The van der Waals surface area contributed by atoms with Crippen molar-refractivity contribution in [2.45, 2.75) is 51.6 Å². The van der Waals surface area contributed by atoms with Crippen LogP contribution in [0.15, 0.2) is 43.0 Å². The van der Waals surface area contributed by atoms with Gasteiger partial charge in [-0.2, -0.15) is 5.10 Å². The molecule has 0 saturated carbocycles. The average Bonchev–Trinajstić information content (AvgIpc) is 3.26. The molecule has 5 heterocycles. The van der Waals surface area contributed by atoms with Crippen LogP contribution in [0.2, 0.25) is 0 Å². The van der Waals surface area contributed by atoms with E-state index in [2.05, 4.69) is 39.9 Å². The smallest absolute Gasteiger partial charge is 0.272 e. The molecule has 0 aromatic carbocycles. The lowest BCUT2D eigenvalue weighted by molar-refractivity contribution is 0.0638. The molecule has 3 aromatic heterocycles. The zero-order chi connectivity index (χ0) is 22.3. The molecule has 0 atom stereocenters. The number of amides is 1. The Balaban J connectivity index is 1.46. The van der Waals surface area contributed by atoms with Crippen molar-refractivity contribution >= 4 is 11.9 Å². The van der Waals surface area contributed by atoms with Gasteiger partial charge < -0.3 is 9.80 Å². The Morgan fingerprint density at radius 3 is 2.50 bits per heavy atom. The monoisotopic (exact) mass is 431 g/mol. The van der Waals surface area contributed by atoms with Gasteiger partial charge in [-0.1, -0.05) is 6.07 Å². The zero-order valence-corrected chi connectivity index (χ0v) is 18.9. The van der Waals surface area contributed by atoms with E-state index in [1.807, 2.05) is 34.7 Å². The first-order valence-electron chi connectivity index (χ1n) is 11.3. The lowest BCUT2D eigenvalue weighted by Gasteiger charge is -2.46. The van der Waals surface area contributed by atoms with Crippen molar-refractivity contribution in [2.75, 3.05) is 24.5 Å². The lowest BCUT2D eigenvalue weighted by Crippen LogP contribution is -2.53. The summed E-state index contributed by atoms with van der Waals surface area (Å²) in [6.45, 7) is 9.16. The van der Waals surface area contributed by atoms with Crippen molar-refractivity contribution in [1.29, 1.82) is 0 Å². The number of hydrogen-bond acceptors (Lipinski definition) is 6. The van der Waals surface area contributed by atoms with Gasteiger partial charge in [0.05, 0.1) is 5.69 Å². The van der Waals surface area contributed by atoms with E-state index in [9.17, 15) is 4.79 Å². The van der Waals surface area contributed by atoms with Gasteiger partial charge in [0.25, 0.3) is 5.91 Å². The molecule has 0 radical (unpaired) electrons. The standard InChI is InChI=1S/C24H29N7O/c1-17(2)31-15-19-14-30(22(32)20-6-5-18(3)13-27-20)16-24(21(19)28-31)7-11-29(12-8-24)23-25-9-4-10-26-23/h4-6,9-10,13,15,17H,7-8,11-12,14,16H2,1-3H3. The second kappa shape index (κ2) is 8.00. The van der Waals surface area contributed by atoms with E-state index in [4.69, 9.17) is 5.10 Å². The molecule has 8 heteroatoms. The van der Waals surface area contributed by atoms with Crippen LogP contribution in [0.5, 0.6) is 0 Å². The quantitative estimate of drug-likeness (QED) is 0.634. The Hall–Kier alpha value is -3.29. The minimum atomic E-state index is -0.167. The minimum Gasteiger partial charge on any atom is -0.341 e. The van der Waals surface area contributed by atoms with E-state index >= 15 is 0 Å². The maximum atomic E-state index is 13.4. The van der Waals surface area contributed by atoms with Crippen molar-refractivity contribution < 1.29 is 4.79 Å². The molecular weight excluding hydrogens is 402 g/mol. The highest BCUT2D eigenvalue weighted by atomic mass is 16.2. The molecule has 0 aliphatic carbocycles. The van der Waals surface area contributed by atoms with Crippen LogP contribution in [-0.4, -0.2) is 55.2 Å². The lowest BCUT2D eigenvalue weighted by atomic mass is 9.72. The molecule has 166 valence electrons. The molecule has 2 aliphatic heterocycles. The second-order valence-corrected chi connectivity index (χ2v) is 9.27. The molecule has 1 amide bonds. The number of carbonyl (C=O) groups is 1. The van der Waals surface area contributed by atoms with Crippen LogP contribution in [0, 0.1) is 6.92 Å². The molecule has 8 nitrogen and oxygen atoms in total. The number of aromatic nitrogens is 5. The van der Waals surface area contributed by atoms with Crippen LogP contribution >= 0.6 is 0 Å². The molecule has 3 aromatic rings. The summed E-state index contributed by atoms with van der Waals surface area (Å²) < 4.78 is 2.04. The molecule has 0 N–H and O–H groups in total. The second-order valence-electron chi connectivity index (χ2n) is 9.27. The fourth-order valence-electron chi connectivity index (χ4n) is 4.84. The Bertz CT molecular complexity index is 1100.